The van der Waals surface area contributed by atoms with Gasteiger partial charge >= 0.3 is 5.97 Å². The Morgan fingerprint density at radius 2 is 1.60 bits per heavy atom. The average Bonchev–Trinajstić information content (AvgIpc) is 2.99. The fourth-order valence-corrected chi connectivity index (χ4v) is 3.63. The third-order valence-electron chi connectivity index (χ3n) is 5.07. The molecule has 0 unspecified atom stereocenters. The van der Waals surface area contributed by atoms with Gasteiger partial charge in [-0.1, -0.05) is 35.9 Å². The third kappa shape index (κ3) is 4.27. The lowest BCUT2D eigenvalue weighted by molar-refractivity contribution is -0.123. The van der Waals surface area contributed by atoms with Gasteiger partial charge in [-0.05, 0) is 64.8 Å². The van der Waals surface area contributed by atoms with E-state index in [-0.39, 0.29) is 5.91 Å². The smallest absolute Gasteiger partial charge is 0.342 e. The van der Waals surface area contributed by atoms with E-state index in [0.29, 0.717) is 17.0 Å². The van der Waals surface area contributed by atoms with E-state index in [1.165, 1.54) is 0 Å². The van der Waals surface area contributed by atoms with Gasteiger partial charge in [0.05, 0.1) is 17.1 Å². The fraction of sp³-hybridized carbons (Fsp3) is 0.292. The second kappa shape index (κ2) is 8.53. The summed E-state index contributed by atoms with van der Waals surface area (Å²) < 4.78 is 7.18. The van der Waals surface area contributed by atoms with E-state index in [1.807, 2.05) is 70.2 Å². The van der Waals surface area contributed by atoms with Crippen LogP contribution < -0.4 is 5.32 Å². The Morgan fingerprint density at radius 1 is 1.00 bits per heavy atom. The highest BCUT2D eigenvalue weighted by Gasteiger charge is 2.25. The molecule has 30 heavy (non-hydrogen) atoms. The van der Waals surface area contributed by atoms with Gasteiger partial charge in [-0.25, -0.2) is 9.48 Å². The van der Waals surface area contributed by atoms with Gasteiger partial charge in [-0.2, -0.15) is 5.10 Å². The van der Waals surface area contributed by atoms with Crippen LogP contribution in [0.1, 0.15) is 45.4 Å². The third-order valence-corrected chi connectivity index (χ3v) is 5.07. The number of rotatable bonds is 5. The summed E-state index contributed by atoms with van der Waals surface area (Å²) in [6, 6.07) is 13.6. The number of hydrogen-bond acceptors (Lipinski definition) is 4. The SMILES string of the molecule is Cc1cc(C)c(NC(=O)[C@H](C)OC(=O)c2c(C)nn(-c3ccccc3)c2C)c(C)c1. The van der Waals surface area contributed by atoms with Gasteiger partial charge in [-0.3, -0.25) is 4.79 Å². The molecule has 1 atom stereocenters. The molecule has 0 spiro atoms. The number of aryl methyl sites for hydroxylation is 4. The topological polar surface area (TPSA) is 73.2 Å². The van der Waals surface area contributed by atoms with Gasteiger partial charge in [0, 0.05) is 5.69 Å². The van der Waals surface area contributed by atoms with Crippen molar-refractivity contribution in [2.24, 2.45) is 0 Å². The minimum Gasteiger partial charge on any atom is -0.449 e. The Morgan fingerprint density at radius 3 is 2.20 bits per heavy atom. The first-order valence-corrected chi connectivity index (χ1v) is 9.90. The molecule has 0 fully saturated rings. The molecule has 6 heteroatoms. The Balaban J connectivity index is 1.76. The number of anilines is 1. The lowest BCUT2D eigenvalue weighted by Crippen LogP contribution is -2.30. The Hall–Kier alpha value is -3.41. The molecule has 2 aromatic carbocycles. The number of amides is 1. The summed E-state index contributed by atoms with van der Waals surface area (Å²) in [4.78, 5) is 25.5. The zero-order valence-corrected chi connectivity index (χ0v) is 18.2. The van der Waals surface area contributed by atoms with Crippen LogP contribution in [-0.2, 0) is 9.53 Å². The fourth-order valence-electron chi connectivity index (χ4n) is 3.63. The Kier molecular flexibility index (Phi) is 6.06. The van der Waals surface area contributed by atoms with Crippen molar-refractivity contribution >= 4 is 17.6 Å². The number of ether oxygens (including phenoxy) is 1. The summed E-state index contributed by atoms with van der Waals surface area (Å²) in [5, 5.41) is 7.35. The maximum atomic E-state index is 12.8. The first-order valence-electron chi connectivity index (χ1n) is 9.90. The molecule has 0 aliphatic heterocycles. The predicted molar refractivity (Wildman–Crippen MR) is 117 cm³/mol. The summed E-state index contributed by atoms with van der Waals surface area (Å²) >= 11 is 0. The van der Waals surface area contributed by atoms with Crippen molar-refractivity contribution in [3.63, 3.8) is 0 Å². The van der Waals surface area contributed by atoms with Crippen molar-refractivity contribution < 1.29 is 14.3 Å². The maximum Gasteiger partial charge on any atom is 0.342 e. The van der Waals surface area contributed by atoms with Crippen LogP contribution in [0.15, 0.2) is 42.5 Å². The van der Waals surface area contributed by atoms with Crippen molar-refractivity contribution in [2.75, 3.05) is 5.32 Å². The molecular formula is C24H27N3O3. The number of nitrogens with one attached hydrogen (secondary N) is 1. The highest BCUT2D eigenvalue weighted by Crippen LogP contribution is 2.23. The molecule has 1 amide bonds. The largest absolute Gasteiger partial charge is 0.449 e. The van der Waals surface area contributed by atoms with Gasteiger partial charge in [0.2, 0.25) is 0 Å². The number of esters is 1. The number of hydrogen-bond donors (Lipinski definition) is 1. The van der Waals surface area contributed by atoms with E-state index in [0.717, 1.165) is 28.1 Å². The van der Waals surface area contributed by atoms with Gasteiger partial charge < -0.3 is 10.1 Å². The molecule has 156 valence electrons. The Bertz CT molecular complexity index is 1080. The normalized spacial score (nSPS) is 11.8. The first-order chi connectivity index (χ1) is 14.2. The van der Waals surface area contributed by atoms with Crippen molar-refractivity contribution in [1.82, 2.24) is 9.78 Å². The van der Waals surface area contributed by atoms with Gasteiger partial charge in [0.15, 0.2) is 6.10 Å². The number of para-hydroxylation sites is 1. The molecule has 1 N–H and O–H groups in total. The molecule has 0 saturated heterocycles. The highest BCUT2D eigenvalue weighted by molar-refractivity contribution is 5.99. The van der Waals surface area contributed by atoms with E-state index in [2.05, 4.69) is 10.4 Å². The lowest BCUT2D eigenvalue weighted by Gasteiger charge is -2.17. The summed E-state index contributed by atoms with van der Waals surface area (Å²) in [6.07, 6.45) is -0.948. The first kappa shape index (κ1) is 21.3. The van der Waals surface area contributed by atoms with Crippen molar-refractivity contribution in [2.45, 2.75) is 47.6 Å². The van der Waals surface area contributed by atoms with Crippen molar-refractivity contribution in [3.05, 3.63) is 76.1 Å². The minimum absolute atomic E-state index is 0.371. The molecule has 3 rings (SSSR count). The van der Waals surface area contributed by atoms with E-state index in [4.69, 9.17) is 4.74 Å². The zero-order valence-electron chi connectivity index (χ0n) is 18.2. The van der Waals surface area contributed by atoms with Crippen LogP contribution in [0.4, 0.5) is 5.69 Å². The van der Waals surface area contributed by atoms with Crippen LogP contribution >= 0.6 is 0 Å². The summed E-state index contributed by atoms with van der Waals surface area (Å²) in [7, 11) is 0. The molecule has 0 bridgehead atoms. The quantitative estimate of drug-likeness (QED) is 0.630. The molecule has 3 aromatic rings. The molecule has 6 nitrogen and oxygen atoms in total. The van der Waals surface area contributed by atoms with E-state index in [9.17, 15) is 9.59 Å². The second-order valence-electron chi connectivity index (χ2n) is 7.60. The monoisotopic (exact) mass is 405 g/mol. The summed E-state index contributed by atoms with van der Waals surface area (Å²) in [5.41, 5.74) is 6.27. The maximum absolute atomic E-state index is 12.8. The van der Waals surface area contributed by atoms with Gasteiger partial charge in [-0.15, -0.1) is 0 Å². The van der Waals surface area contributed by atoms with Crippen LogP contribution in [0.5, 0.6) is 0 Å². The van der Waals surface area contributed by atoms with Crippen LogP contribution in [0.2, 0.25) is 0 Å². The zero-order chi connectivity index (χ0) is 22.0. The summed E-state index contributed by atoms with van der Waals surface area (Å²) in [5.74, 6) is -0.934. The second-order valence-corrected chi connectivity index (χ2v) is 7.60. The molecule has 1 aromatic heterocycles. The molecule has 0 aliphatic rings. The molecule has 0 saturated carbocycles. The van der Waals surface area contributed by atoms with Gasteiger partial charge in [0.1, 0.15) is 5.56 Å². The number of benzene rings is 2. The molecule has 0 radical (unpaired) electrons. The number of carbonyl (C=O) groups is 2. The van der Waals surface area contributed by atoms with Gasteiger partial charge in [0.25, 0.3) is 5.91 Å². The number of carbonyl (C=O) groups excluding carboxylic acids is 2. The standard InChI is InChI=1S/C24H27N3O3/c1-14-12-15(2)22(16(3)13-14)25-23(28)19(6)30-24(29)21-17(4)26-27(18(21)5)20-10-8-7-9-11-20/h7-13,19H,1-6H3,(H,25,28)/t19-/m0/s1. The van der Waals surface area contributed by atoms with Crippen LogP contribution in [0.25, 0.3) is 5.69 Å². The van der Waals surface area contributed by atoms with Crippen molar-refractivity contribution in [1.29, 1.82) is 0 Å². The molecular weight excluding hydrogens is 378 g/mol. The number of aromatic nitrogens is 2. The summed E-state index contributed by atoms with van der Waals surface area (Å²) in [6.45, 7) is 11.0. The minimum atomic E-state index is -0.948. The van der Waals surface area contributed by atoms with Crippen LogP contribution in [0.3, 0.4) is 0 Å². The molecule has 0 aliphatic carbocycles. The van der Waals surface area contributed by atoms with Crippen molar-refractivity contribution in [3.8, 4) is 5.69 Å². The predicted octanol–water partition coefficient (Wildman–Crippen LogP) is 4.60. The van der Waals surface area contributed by atoms with Crippen LogP contribution in [-0.4, -0.2) is 27.8 Å². The Labute approximate surface area is 176 Å². The number of nitrogens with zero attached hydrogens (tertiary/aromatic N) is 2. The molecule has 1 heterocycles. The average molecular weight is 405 g/mol. The lowest BCUT2D eigenvalue weighted by atomic mass is 10.0. The van der Waals surface area contributed by atoms with E-state index < -0.39 is 12.1 Å². The highest BCUT2D eigenvalue weighted by atomic mass is 16.5. The van der Waals surface area contributed by atoms with E-state index >= 15 is 0 Å². The van der Waals surface area contributed by atoms with Crippen LogP contribution in [0, 0.1) is 34.6 Å². The van der Waals surface area contributed by atoms with E-state index in [1.54, 1.807) is 18.5 Å².